The minimum absolute atomic E-state index is 0.0443. The van der Waals surface area contributed by atoms with Gasteiger partial charge < -0.3 is 11.1 Å². The summed E-state index contributed by atoms with van der Waals surface area (Å²) in [6.45, 7) is 0. The van der Waals surface area contributed by atoms with Gasteiger partial charge in [0.1, 0.15) is 5.39 Å². The molecule has 1 aliphatic heterocycles. The highest BCUT2D eigenvalue weighted by Crippen LogP contribution is 2.33. The molecule has 2 aromatic heterocycles. The Labute approximate surface area is 196 Å². The standard InChI is InChI=1S/C22H17ClN6O3S/c23-12-4-3-5-13(8-12)29-20-16(10-25-29)21(32)28-14(11-33-22(28)27-20)9-18(30)26-17-7-2-1-6-15(17)19(24)31/h1-8,10,14H,9,11H2,(H2,24,31)(H,26,30). The molecule has 3 N–H and O–H groups in total. The Kier molecular flexibility index (Phi) is 5.39. The van der Waals surface area contributed by atoms with Crippen LogP contribution < -0.4 is 16.6 Å². The van der Waals surface area contributed by atoms with Gasteiger partial charge in [0.15, 0.2) is 10.8 Å². The van der Waals surface area contributed by atoms with Crippen molar-refractivity contribution in [2.45, 2.75) is 17.6 Å². The first-order valence-electron chi connectivity index (χ1n) is 10.00. The van der Waals surface area contributed by atoms with Crippen LogP contribution in [0.3, 0.4) is 0 Å². The summed E-state index contributed by atoms with van der Waals surface area (Å²) in [5, 5.41) is 8.47. The average Bonchev–Trinajstić information content (AvgIpc) is 3.39. The van der Waals surface area contributed by atoms with Crippen molar-refractivity contribution < 1.29 is 9.59 Å². The maximum absolute atomic E-state index is 13.3. The molecule has 166 valence electrons. The Balaban J connectivity index is 1.44. The summed E-state index contributed by atoms with van der Waals surface area (Å²) in [4.78, 5) is 42.2. The molecule has 1 unspecified atom stereocenters. The summed E-state index contributed by atoms with van der Waals surface area (Å²) >= 11 is 7.50. The van der Waals surface area contributed by atoms with Gasteiger partial charge in [0, 0.05) is 17.2 Å². The molecule has 11 heteroatoms. The zero-order valence-electron chi connectivity index (χ0n) is 17.1. The molecule has 33 heavy (non-hydrogen) atoms. The molecule has 0 fully saturated rings. The van der Waals surface area contributed by atoms with Crippen molar-refractivity contribution in [3.63, 3.8) is 0 Å². The first-order valence-corrected chi connectivity index (χ1v) is 11.4. The smallest absolute Gasteiger partial charge is 0.265 e. The third-order valence-electron chi connectivity index (χ3n) is 5.31. The number of carbonyl (C=O) groups is 2. The van der Waals surface area contributed by atoms with Crippen LogP contribution in [-0.2, 0) is 4.79 Å². The zero-order chi connectivity index (χ0) is 23.1. The number of para-hydroxylation sites is 1. The Hall–Kier alpha value is -3.63. The topological polar surface area (TPSA) is 125 Å². The second kappa shape index (κ2) is 8.38. The van der Waals surface area contributed by atoms with Gasteiger partial charge in [-0.2, -0.15) is 5.10 Å². The van der Waals surface area contributed by atoms with Crippen molar-refractivity contribution in [1.29, 1.82) is 0 Å². The van der Waals surface area contributed by atoms with Crippen molar-refractivity contribution in [1.82, 2.24) is 19.3 Å². The Morgan fingerprint density at radius 2 is 2.03 bits per heavy atom. The van der Waals surface area contributed by atoms with E-state index in [0.29, 0.717) is 38.3 Å². The number of benzene rings is 2. The van der Waals surface area contributed by atoms with Gasteiger partial charge in [0.05, 0.1) is 29.2 Å². The van der Waals surface area contributed by atoms with Crippen molar-refractivity contribution in [3.05, 3.63) is 75.7 Å². The van der Waals surface area contributed by atoms with Crippen LogP contribution in [0.1, 0.15) is 22.8 Å². The zero-order valence-corrected chi connectivity index (χ0v) is 18.6. The second-order valence-electron chi connectivity index (χ2n) is 7.47. The molecule has 5 rings (SSSR count). The van der Waals surface area contributed by atoms with Gasteiger partial charge >= 0.3 is 0 Å². The molecule has 9 nitrogen and oxygen atoms in total. The Bertz CT molecular complexity index is 1480. The molecule has 0 spiro atoms. The van der Waals surface area contributed by atoms with E-state index in [1.54, 1.807) is 47.1 Å². The van der Waals surface area contributed by atoms with Crippen molar-refractivity contribution in [3.8, 4) is 5.69 Å². The van der Waals surface area contributed by atoms with Crippen LogP contribution in [0, 0.1) is 0 Å². The van der Waals surface area contributed by atoms with E-state index in [-0.39, 0.29) is 29.5 Å². The summed E-state index contributed by atoms with van der Waals surface area (Å²) in [6, 6.07) is 13.3. The van der Waals surface area contributed by atoms with Gasteiger partial charge in [-0.1, -0.05) is 41.6 Å². The molecule has 3 heterocycles. The van der Waals surface area contributed by atoms with E-state index >= 15 is 0 Å². The van der Waals surface area contributed by atoms with Gasteiger partial charge in [-0.05, 0) is 30.3 Å². The summed E-state index contributed by atoms with van der Waals surface area (Å²) in [7, 11) is 0. The molecule has 0 saturated carbocycles. The van der Waals surface area contributed by atoms with Gasteiger partial charge in [0.2, 0.25) is 5.91 Å². The number of anilines is 1. The first kappa shape index (κ1) is 21.2. The molecule has 1 aliphatic rings. The number of carbonyl (C=O) groups excluding carboxylic acids is 2. The van der Waals surface area contributed by atoms with Gasteiger partial charge in [-0.3, -0.25) is 19.0 Å². The lowest BCUT2D eigenvalue weighted by Crippen LogP contribution is -2.28. The van der Waals surface area contributed by atoms with Crippen LogP contribution in [0.2, 0.25) is 5.02 Å². The molecular formula is C22H17ClN6O3S. The van der Waals surface area contributed by atoms with Crippen LogP contribution in [0.25, 0.3) is 16.7 Å². The number of nitrogens with two attached hydrogens (primary N) is 1. The molecule has 0 radical (unpaired) electrons. The number of hydrogen-bond donors (Lipinski definition) is 2. The molecule has 2 amide bonds. The van der Waals surface area contributed by atoms with E-state index in [2.05, 4.69) is 15.4 Å². The first-order chi connectivity index (χ1) is 15.9. The Morgan fingerprint density at radius 1 is 1.21 bits per heavy atom. The predicted molar refractivity (Wildman–Crippen MR) is 126 cm³/mol. The van der Waals surface area contributed by atoms with Crippen molar-refractivity contribution in [2.75, 3.05) is 11.1 Å². The van der Waals surface area contributed by atoms with Crippen LogP contribution >= 0.6 is 23.4 Å². The van der Waals surface area contributed by atoms with Gasteiger partial charge in [-0.15, -0.1) is 0 Å². The molecule has 1 atom stereocenters. The van der Waals surface area contributed by atoms with Crippen molar-refractivity contribution in [2.24, 2.45) is 5.73 Å². The fourth-order valence-electron chi connectivity index (χ4n) is 3.80. The number of hydrogen-bond acceptors (Lipinski definition) is 6. The average molecular weight is 481 g/mol. The molecule has 0 bridgehead atoms. The number of aromatic nitrogens is 4. The molecule has 2 aromatic carbocycles. The van der Waals surface area contributed by atoms with Crippen molar-refractivity contribution >= 4 is 51.9 Å². The highest BCUT2D eigenvalue weighted by Gasteiger charge is 2.30. The number of thioether (sulfide) groups is 1. The van der Waals surface area contributed by atoms with Gasteiger partial charge in [-0.25, -0.2) is 9.67 Å². The number of halogens is 1. The quantitative estimate of drug-likeness (QED) is 0.423. The molecular weight excluding hydrogens is 464 g/mol. The molecule has 0 aliphatic carbocycles. The molecule has 0 saturated heterocycles. The van der Waals surface area contributed by atoms with E-state index in [0.717, 1.165) is 0 Å². The van der Waals surface area contributed by atoms with Crippen LogP contribution in [0.4, 0.5) is 5.69 Å². The second-order valence-corrected chi connectivity index (χ2v) is 8.89. The fraction of sp³-hybridized carbons (Fsp3) is 0.136. The normalized spacial score (nSPS) is 14.9. The summed E-state index contributed by atoms with van der Waals surface area (Å²) in [5.74, 6) is -0.444. The van der Waals surface area contributed by atoms with Crippen LogP contribution in [-0.4, -0.2) is 36.9 Å². The maximum Gasteiger partial charge on any atom is 0.265 e. The lowest BCUT2D eigenvalue weighted by molar-refractivity contribution is -0.116. The van der Waals surface area contributed by atoms with Crippen LogP contribution in [0.15, 0.2) is 64.7 Å². The SMILES string of the molecule is NC(=O)c1ccccc1NC(=O)CC1CSc2nc3c(cnn3-c3cccc(Cl)c3)c(=O)n21. The highest BCUT2D eigenvalue weighted by molar-refractivity contribution is 7.99. The Morgan fingerprint density at radius 3 is 2.82 bits per heavy atom. The van der Waals surface area contributed by atoms with E-state index in [4.69, 9.17) is 17.3 Å². The number of nitrogens with zero attached hydrogens (tertiary/aromatic N) is 4. The number of rotatable bonds is 5. The minimum Gasteiger partial charge on any atom is -0.366 e. The summed E-state index contributed by atoms with van der Waals surface area (Å²) in [5.41, 5.74) is 6.81. The number of amides is 2. The van der Waals surface area contributed by atoms with E-state index in [1.807, 2.05) is 6.07 Å². The van der Waals surface area contributed by atoms with Gasteiger partial charge in [0.25, 0.3) is 11.5 Å². The minimum atomic E-state index is -0.632. The lowest BCUT2D eigenvalue weighted by atomic mass is 10.1. The number of fused-ring (bicyclic) bond motifs is 2. The number of nitrogens with one attached hydrogen (secondary N) is 1. The van der Waals surface area contributed by atoms with E-state index < -0.39 is 5.91 Å². The fourth-order valence-corrected chi connectivity index (χ4v) is 5.11. The lowest BCUT2D eigenvalue weighted by Gasteiger charge is -2.14. The largest absolute Gasteiger partial charge is 0.366 e. The van der Waals surface area contributed by atoms with E-state index in [1.165, 1.54) is 22.5 Å². The van der Waals surface area contributed by atoms with E-state index in [9.17, 15) is 14.4 Å². The third-order valence-corrected chi connectivity index (χ3v) is 6.64. The highest BCUT2D eigenvalue weighted by atomic mass is 35.5. The number of primary amides is 1. The molecule has 4 aromatic rings. The summed E-state index contributed by atoms with van der Waals surface area (Å²) in [6.07, 6.45) is 1.52. The van der Waals surface area contributed by atoms with Crippen LogP contribution in [0.5, 0.6) is 0 Å². The maximum atomic E-state index is 13.3. The summed E-state index contributed by atoms with van der Waals surface area (Å²) < 4.78 is 3.11. The third kappa shape index (κ3) is 3.87. The predicted octanol–water partition coefficient (Wildman–Crippen LogP) is 3.01. The monoisotopic (exact) mass is 480 g/mol.